The fourth-order valence-corrected chi connectivity index (χ4v) is 6.04. The number of carbonyl (C=O) groups excluding carboxylic acids is 1. The van der Waals surface area contributed by atoms with Gasteiger partial charge in [0.2, 0.25) is 10.0 Å². The maximum atomic E-state index is 14.0. The highest BCUT2D eigenvalue weighted by Crippen LogP contribution is 2.37. The summed E-state index contributed by atoms with van der Waals surface area (Å²) in [5.41, 5.74) is 1.14. The van der Waals surface area contributed by atoms with Gasteiger partial charge in [-0.15, -0.1) is 11.8 Å². The topological polar surface area (TPSA) is 75.7 Å². The van der Waals surface area contributed by atoms with E-state index in [0.717, 1.165) is 11.3 Å². The number of benzene rings is 2. The number of sulfonamides is 1. The van der Waals surface area contributed by atoms with Crippen molar-refractivity contribution >= 4 is 27.7 Å². The van der Waals surface area contributed by atoms with E-state index in [2.05, 4.69) is 5.32 Å². The van der Waals surface area contributed by atoms with E-state index in [1.165, 1.54) is 46.4 Å². The van der Waals surface area contributed by atoms with Gasteiger partial charge >= 0.3 is 0 Å². The Kier molecular flexibility index (Phi) is 5.91. The van der Waals surface area contributed by atoms with Crippen LogP contribution in [-0.4, -0.2) is 50.7 Å². The van der Waals surface area contributed by atoms with Crippen molar-refractivity contribution in [3.8, 4) is 0 Å². The third-order valence-electron chi connectivity index (χ3n) is 5.06. The predicted molar refractivity (Wildman–Crippen MR) is 108 cm³/mol. The summed E-state index contributed by atoms with van der Waals surface area (Å²) in [6, 6.07) is 10.5. The average Bonchev–Trinajstić information content (AvgIpc) is 2.75. The van der Waals surface area contributed by atoms with E-state index in [9.17, 15) is 17.6 Å². The molecular weight excluding hydrogens is 415 g/mol. The standard InChI is InChI=1S/C20H21FN2O4S2/c21-17-3-1-2-16-18(8-13-28-19(16)17)22-20(24)14-4-6-15(7-5-14)29(25,26)23-9-11-27-12-10-23/h1-7,18H,8-13H2,(H,22,24)/t18-/m1/s1. The number of morpholine rings is 1. The highest BCUT2D eigenvalue weighted by molar-refractivity contribution is 7.99. The minimum absolute atomic E-state index is 0.150. The molecule has 0 bridgehead atoms. The van der Waals surface area contributed by atoms with Crippen molar-refractivity contribution in [1.82, 2.24) is 9.62 Å². The van der Waals surface area contributed by atoms with Gasteiger partial charge in [-0.25, -0.2) is 12.8 Å². The van der Waals surface area contributed by atoms with Crippen LogP contribution in [0, 0.1) is 5.82 Å². The second kappa shape index (κ2) is 8.43. The minimum Gasteiger partial charge on any atom is -0.379 e. The lowest BCUT2D eigenvalue weighted by molar-refractivity contribution is 0.0730. The summed E-state index contributed by atoms with van der Waals surface area (Å²) in [6.45, 7) is 1.39. The zero-order chi connectivity index (χ0) is 20.4. The number of fused-ring (bicyclic) bond motifs is 1. The van der Waals surface area contributed by atoms with Gasteiger partial charge < -0.3 is 10.1 Å². The lowest BCUT2D eigenvalue weighted by Crippen LogP contribution is -2.40. The molecule has 0 aromatic heterocycles. The number of nitrogens with zero attached hydrogens (tertiary/aromatic N) is 1. The zero-order valence-electron chi connectivity index (χ0n) is 15.6. The number of hydrogen-bond acceptors (Lipinski definition) is 5. The van der Waals surface area contributed by atoms with E-state index in [-0.39, 0.29) is 22.7 Å². The van der Waals surface area contributed by atoms with E-state index in [1.807, 2.05) is 6.07 Å². The second-order valence-electron chi connectivity index (χ2n) is 6.86. The quantitative estimate of drug-likeness (QED) is 0.798. The Hall–Kier alpha value is -1.94. The van der Waals surface area contributed by atoms with Gasteiger partial charge in [0.25, 0.3) is 5.91 Å². The summed E-state index contributed by atoms with van der Waals surface area (Å²) >= 11 is 1.45. The first-order valence-corrected chi connectivity index (χ1v) is 11.8. The normalized spacial score (nSPS) is 20.1. The van der Waals surface area contributed by atoms with Crippen LogP contribution < -0.4 is 5.32 Å². The number of nitrogens with one attached hydrogen (secondary N) is 1. The largest absolute Gasteiger partial charge is 0.379 e. The number of amides is 1. The van der Waals surface area contributed by atoms with Crippen LogP contribution in [0.15, 0.2) is 52.3 Å². The molecule has 0 radical (unpaired) electrons. The van der Waals surface area contributed by atoms with E-state index in [0.29, 0.717) is 43.2 Å². The Labute approximate surface area is 173 Å². The van der Waals surface area contributed by atoms with Crippen LogP contribution >= 0.6 is 11.8 Å². The SMILES string of the molecule is O=C(N[C@@H]1CCSc2c(F)cccc21)c1ccc(S(=O)(=O)N2CCOCC2)cc1. The Bertz CT molecular complexity index is 1010. The van der Waals surface area contributed by atoms with Crippen molar-refractivity contribution in [2.45, 2.75) is 22.3 Å². The summed E-state index contributed by atoms with van der Waals surface area (Å²) in [6.07, 6.45) is 0.705. The van der Waals surface area contributed by atoms with Crippen molar-refractivity contribution in [2.24, 2.45) is 0 Å². The molecule has 4 rings (SSSR count). The lowest BCUT2D eigenvalue weighted by atomic mass is 10.0. The Morgan fingerprint density at radius 2 is 1.86 bits per heavy atom. The van der Waals surface area contributed by atoms with Crippen molar-refractivity contribution in [3.05, 3.63) is 59.4 Å². The maximum absolute atomic E-state index is 14.0. The molecule has 2 aliphatic rings. The Balaban J connectivity index is 1.49. The molecule has 1 fully saturated rings. The monoisotopic (exact) mass is 436 g/mol. The van der Waals surface area contributed by atoms with Gasteiger partial charge in [-0.05, 0) is 42.3 Å². The van der Waals surface area contributed by atoms with E-state index >= 15 is 0 Å². The highest BCUT2D eigenvalue weighted by Gasteiger charge is 2.27. The minimum atomic E-state index is -3.60. The number of carbonyl (C=O) groups is 1. The predicted octanol–water partition coefficient (Wildman–Crippen LogP) is 2.81. The second-order valence-corrected chi connectivity index (χ2v) is 9.91. The maximum Gasteiger partial charge on any atom is 0.251 e. The average molecular weight is 437 g/mol. The fraction of sp³-hybridized carbons (Fsp3) is 0.350. The molecule has 2 aliphatic heterocycles. The highest BCUT2D eigenvalue weighted by atomic mass is 32.2. The first-order valence-electron chi connectivity index (χ1n) is 9.37. The van der Waals surface area contributed by atoms with Crippen LogP contribution in [0.5, 0.6) is 0 Å². The van der Waals surface area contributed by atoms with Gasteiger partial charge in [-0.2, -0.15) is 4.31 Å². The molecule has 0 unspecified atom stereocenters. The molecule has 2 heterocycles. The van der Waals surface area contributed by atoms with E-state index < -0.39 is 10.0 Å². The van der Waals surface area contributed by atoms with Gasteiger partial charge in [-0.3, -0.25) is 4.79 Å². The summed E-state index contributed by atoms with van der Waals surface area (Å²) in [7, 11) is -3.60. The van der Waals surface area contributed by atoms with Gasteiger partial charge in [0.05, 0.1) is 24.2 Å². The smallest absolute Gasteiger partial charge is 0.251 e. The van der Waals surface area contributed by atoms with Crippen molar-refractivity contribution in [3.63, 3.8) is 0 Å². The van der Waals surface area contributed by atoms with Crippen LogP contribution in [0.3, 0.4) is 0 Å². The third kappa shape index (κ3) is 4.18. The number of ether oxygens (including phenoxy) is 1. The number of rotatable bonds is 4. The number of hydrogen-bond donors (Lipinski definition) is 1. The van der Waals surface area contributed by atoms with Gasteiger partial charge in [0, 0.05) is 29.3 Å². The molecule has 2 aromatic rings. The van der Waals surface area contributed by atoms with Crippen LogP contribution in [0.25, 0.3) is 0 Å². The Morgan fingerprint density at radius 1 is 1.14 bits per heavy atom. The summed E-state index contributed by atoms with van der Waals surface area (Å²) in [4.78, 5) is 13.4. The molecule has 0 aliphatic carbocycles. The van der Waals surface area contributed by atoms with Gasteiger partial charge in [0.15, 0.2) is 0 Å². The van der Waals surface area contributed by atoms with Crippen LogP contribution in [0.4, 0.5) is 4.39 Å². The molecule has 1 atom stereocenters. The first kappa shape index (κ1) is 20.3. The summed E-state index contributed by atoms with van der Waals surface area (Å²) in [5, 5.41) is 2.94. The van der Waals surface area contributed by atoms with Crippen molar-refractivity contribution in [1.29, 1.82) is 0 Å². The zero-order valence-corrected chi connectivity index (χ0v) is 17.3. The van der Waals surface area contributed by atoms with Crippen molar-refractivity contribution < 1.29 is 22.3 Å². The fourth-order valence-electron chi connectivity index (χ4n) is 3.49. The molecule has 6 nitrogen and oxygen atoms in total. The first-order chi connectivity index (χ1) is 14.0. The third-order valence-corrected chi connectivity index (χ3v) is 8.13. The molecule has 2 aromatic carbocycles. The van der Waals surface area contributed by atoms with Crippen molar-refractivity contribution in [2.75, 3.05) is 32.1 Å². The molecule has 1 amide bonds. The van der Waals surface area contributed by atoms with E-state index in [4.69, 9.17) is 4.74 Å². The molecule has 1 saturated heterocycles. The molecule has 9 heteroatoms. The van der Waals surface area contributed by atoms with Crippen LogP contribution in [0.1, 0.15) is 28.4 Å². The molecule has 1 N–H and O–H groups in total. The summed E-state index contributed by atoms with van der Waals surface area (Å²) < 4.78 is 46.0. The molecule has 29 heavy (non-hydrogen) atoms. The number of thioether (sulfide) groups is 1. The Morgan fingerprint density at radius 3 is 2.59 bits per heavy atom. The van der Waals surface area contributed by atoms with Gasteiger partial charge in [0.1, 0.15) is 5.82 Å². The van der Waals surface area contributed by atoms with Gasteiger partial charge in [-0.1, -0.05) is 12.1 Å². The molecule has 0 saturated carbocycles. The molecule has 0 spiro atoms. The van der Waals surface area contributed by atoms with E-state index in [1.54, 1.807) is 6.07 Å². The summed E-state index contributed by atoms with van der Waals surface area (Å²) in [5.74, 6) is 0.131. The van der Waals surface area contributed by atoms with Crippen LogP contribution in [-0.2, 0) is 14.8 Å². The molecular formula is C20H21FN2O4S2. The van der Waals surface area contributed by atoms with Crippen LogP contribution in [0.2, 0.25) is 0 Å². The lowest BCUT2D eigenvalue weighted by Gasteiger charge is -2.26. The number of halogens is 1. The molecule has 154 valence electrons.